The van der Waals surface area contributed by atoms with E-state index in [9.17, 15) is 14.7 Å². The van der Waals surface area contributed by atoms with E-state index in [2.05, 4.69) is 11.1 Å². The highest BCUT2D eigenvalue weighted by molar-refractivity contribution is 6.06. The lowest BCUT2D eigenvalue weighted by Gasteiger charge is -2.24. The molecular weight excluding hydrogens is 282 g/mol. The van der Waals surface area contributed by atoms with Crippen molar-refractivity contribution in [1.29, 1.82) is 0 Å². The molecule has 1 aromatic carbocycles. The molecule has 0 saturated heterocycles. The molecule has 116 valence electrons. The number of carbonyl (C=O) groups excluding carboxylic acids is 2. The van der Waals surface area contributed by atoms with E-state index < -0.39 is 18.0 Å². The summed E-state index contributed by atoms with van der Waals surface area (Å²) in [4.78, 5) is 27.4. The van der Waals surface area contributed by atoms with Crippen LogP contribution in [0.25, 0.3) is 10.9 Å². The molecule has 5 nitrogen and oxygen atoms in total. The second kappa shape index (κ2) is 5.57. The highest BCUT2D eigenvalue weighted by Crippen LogP contribution is 2.33. The highest BCUT2D eigenvalue weighted by atomic mass is 16.5. The Kier molecular flexibility index (Phi) is 3.74. The van der Waals surface area contributed by atoms with Gasteiger partial charge in [-0.2, -0.15) is 0 Å². The lowest BCUT2D eigenvalue weighted by atomic mass is 9.82. The van der Waals surface area contributed by atoms with Crippen molar-refractivity contribution in [3.05, 3.63) is 35.0 Å². The van der Waals surface area contributed by atoms with E-state index in [1.807, 2.05) is 19.1 Å². The number of aliphatic hydroxyl groups excluding tert-OH is 1. The van der Waals surface area contributed by atoms with Gasteiger partial charge in [-0.15, -0.1) is 0 Å². The van der Waals surface area contributed by atoms with E-state index in [1.165, 1.54) is 0 Å². The first kappa shape index (κ1) is 14.8. The Morgan fingerprint density at radius 3 is 3.00 bits per heavy atom. The van der Waals surface area contributed by atoms with E-state index in [-0.39, 0.29) is 12.4 Å². The monoisotopic (exact) mass is 301 g/mol. The second-order valence-electron chi connectivity index (χ2n) is 5.73. The molecule has 1 aliphatic carbocycles. The Balaban J connectivity index is 1.96. The predicted molar refractivity (Wildman–Crippen MR) is 81.8 cm³/mol. The molecule has 1 aromatic heterocycles. The van der Waals surface area contributed by atoms with Gasteiger partial charge >= 0.3 is 5.97 Å². The summed E-state index contributed by atoms with van der Waals surface area (Å²) in [6.07, 6.45) is -0.285. The number of hydrogen-bond donors (Lipinski definition) is 2. The van der Waals surface area contributed by atoms with Crippen LogP contribution in [0, 0.1) is 12.8 Å². The number of H-pyrrole nitrogens is 1. The summed E-state index contributed by atoms with van der Waals surface area (Å²) in [5.74, 6) is -1.67. The first-order valence-electron chi connectivity index (χ1n) is 7.53. The van der Waals surface area contributed by atoms with Gasteiger partial charge in [-0.25, -0.2) is 4.79 Å². The van der Waals surface area contributed by atoms with Gasteiger partial charge in [-0.1, -0.05) is 11.6 Å². The average molecular weight is 301 g/mol. The third-order valence-corrected chi connectivity index (χ3v) is 4.26. The van der Waals surface area contributed by atoms with Crippen molar-refractivity contribution in [2.24, 2.45) is 5.92 Å². The van der Waals surface area contributed by atoms with Gasteiger partial charge in [-0.3, -0.25) is 4.79 Å². The number of aliphatic hydroxyl groups is 1. The molecule has 0 saturated carbocycles. The van der Waals surface area contributed by atoms with E-state index in [1.54, 1.807) is 6.92 Å². The number of benzene rings is 1. The quantitative estimate of drug-likeness (QED) is 0.851. The molecule has 5 heteroatoms. The zero-order valence-corrected chi connectivity index (χ0v) is 12.7. The van der Waals surface area contributed by atoms with Crippen molar-refractivity contribution in [3.63, 3.8) is 0 Å². The number of aryl methyl sites for hydroxylation is 2. The average Bonchev–Trinajstić information content (AvgIpc) is 2.86. The van der Waals surface area contributed by atoms with Crippen molar-refractivity contribution < 1.29 is 19.4 Å². The molecule has 0 amide bonds. The van der Waals surface area contributed by atoms with Crippen LogP contribution in [-0.4, -0.2) is 34.6 Å². The number of aromatic amines is 1. The number of hydrogen-bond acceptors (Lipinski definition) is 4. The lowest BCUT2D eigenvalue weighted by molar-refractivity contribution is -0.155. The topological polar surface area (TPSA) is 79.4 Å². The maximum atomic E-state index is 12.6. The smallest absolute Gasteiger partial charge is 0.335 e. The van der Waals surface area contributed by atoms with Crippen LogP contribution in [0.4, 0.5) is 0 Å². The number of rotatable bonds is 3. The first-order valence-corrected chi connectivity index (χ1v) is 7.53. The maximum Gasteiger partial charge on any atom is 0.335 e. The largest absolute Gasteiger partial charge is 0.464 e. The number of ether oxygens (including phenoxy) is 1. The van der Waals surface area contributed by atoms with E-state index in [0.717, 1.165) is 22.0 Å². The van der Waals surface area contributed by atoms with Crippen molar-refractivity contribution in [3.8, 4) is 0 Å². The summed E-state index contributed by atoms with van der Waals surface area (Å²) in [7, 11) is 0. The standard InChI is InChI=1S/C17H19NO4/c1-3-22-17(21)16(20)11-6-5-10-12-8-9(2)4-7-13(12)18-14(10)15(11)19/h4,7-8,11,16,18,20H,3,5-6H2,1-2H3/t11-,16+/m1/s1. The van der Waals surface area contributed by atoms with Crippen LogP contribution in [0.5, 0.6) is 0 Å². The van der Waals surface area contributed by atoms with E-state index in [4.69, 9.17) is 4.74 Å². The van der Waals surface area contributed by atoms with Gasteiger partial charge in [0, 0.05) is 10.9 Å². The van der Waals surface area contributed by atoms with Crippen molar-refractivity contribution in [2.45, 2.75) is 32.8 Å². The molecule has 0 unspecified atom stereocenters. The van der Waals surface area contributed by atoms with Crippen LogP contribution >= 0.6 is 0 Å². The Morgan fingerprint density at radius 1 is 1.50 bits per heavy atom. The Bertz CT molecular complexity index is 746. The van der Waals surface area contributed by atoms with Gasteiger partial charge in [0.1, 0.15) is 0 Å². The van der Waals surface area contributed by atoms with Gasteiger partial charge in [0.25, 0.3) is 0 Å². The van der Waals surface area contributed by atoms with Gasteiger partial charge in [0.2, 0.25) is 0 Å². The number of fused-ring (bicyclic) bond motifs is 3. The minimum Gasteiger partial charge on any atom is -0.464 e. The third kappa shape index (κ3) is 2.31. The molecule has 2 atom stereocenters. The molecule has 2 aromatic rings. The van der Waals surface area contributed by atoms with Gasteiger partial charge in [0.15, 0.2) is 11.9 Å². The Labute approximate surface area is 128 Å². The van der Waals surface area contributed by atoms with Crippen molar-refractivity contribution in [2.75, 3.05) is 6.61 Å². The Hall–Kier alpha value is -2.14. The summed E-state index contributed by atoms with van der Waals surface area (Å²) in [6, 6.07) is 5.99. The molecule has 0 fully saturated rings. The highest BCUT2D eigenvalue weighted by Gasteiger charge is 2.38. The minimum absolute atomic E-state index is 0.188. The molecular formula is C17H19NO4. The summed E-state index contributed by atoms with van der Waals surface area (Å²) in [5.41, 5.74) is 3.54. The van der Waals surface area contributed by atoms with E-state index in [0.29, 0.717) is 18.5 Å². The summed E-state index contributed by atoms with van der Waals surface area (Å²) in [6.45, 7) is 3.87. The summed E-state index contributed by atoms with van der Waals surface area (Å²) < 4.78 is 4.82. The maximum absolute atomic E-state index is 12.6. The summed E-state index contributed by atoms with van der Waals surface area (Å²) >= 11 is 0. The van der Waals surface area contributed by atoms with E-state index >= 15 is 0 Å². The number of nitrogens with one attached hydrogen (secondary N) is 1. The van der Waals surface area contributed by atoms with Gasteiger partial charge in [0.05, 0.1) is 18.2 Å². The molecule has 1 aliphatic rings. The molecule has 0 radical (unpaired) electrons. The fraction of sp³-hybridized carbons (Fsp3) is 0.412. The molecule has 22 heavy (non-hydrogen) atoms. The second-order valence-corrected chi connectivity index (χ2v) is 5.73. The molecule has 3 rings (SSSR count). The zero-order valence-electron chi connectivity index (χ0n) is 12.7. The first-order chi connectivity index (χ1) is 10.5. The SMILES string of the molecule is CCOC(=O)[C@@H](O)[C@@H]1CCc2c([nH]c3ccc(C)cc23)C1=O. The predicted octanol–water partition coefficient (Wildman–Crippen LogP) is 2.15. The molecule has 0 aliphatic heterocycles. The number of Topliss-reactive ketones (excluding diaryl/α,β-unsaturated/α-hetero) is 1. The van der Waals surface area contributed by atoms with Crippen molar-refractivity contribution in [1.82, 2.24) is 4.98 Å². The lowest BCUT2D eigenvalue weighted by Crippen LogP contribution is -2.38. The van der Waals surface area contributed by atoms with Crippen LogP contribution in [0.1, 0.15) is 35.0 Å². The molecule has 2 N–H and O–H groups in total. The Morgan fingerprint density at radius 2 is 2.27 bits per heavy atom. The van der Waals surface area contributed by atoms with Gasteiger partial charge in [-0.05, 0) is 44.4 Å². The number of aromatic nitrogens is 1. The van der Waals surface area contributed by atoms with Crippen LogP contribution in [0.2, 0.25) is 0 Å². The number of esters is 1. The normalized spacial score (nSPS) is 19.0. The van der Waals surface area contributed by atoms with Crippen molar-refractivity contribution >= 4 is 22.7 Å². The zero-order chi connectivity index (χ0) is 15.9. The molecule has 0 spiro atoms. The third-order valence-electron chi connectivity index (χ3n) is 4.26. The van der Waals surface area contributed by atoms with Gasteiger partial charge < -0.3 is 14.8 Å². The fourth-order valence-electron chi connectivity index (χ4n) is 3.14. The van der Waals surface area contributed by atoms with Crippen LogP contribution < -0.4 is 0 Å². The van der Waals surface area contributed by atoms with Crippen LogP contribution in [0.15, 0.2) is 18.2 Å². The minimum atomic E-state index is -1.39. The molecule has 1 heterocycles. The molecule has 0 bridgehead atoms. The number of ketones is 1. The number of carbonyl (C=O) groups is 2. The van der Waals surface area contributed by atoms with Crippen LogP contribution in [0.3, 0.4) is 0 Å². The van der Waals surface area contributed by atoms with Crippen LogP contribution in [-0.2, 0) is 16.0 Å². The summed E-state index contributed by atoms with van der Waals surface area (Å²) in [5, 5.41) is 11.1. The fourth-order valence-corrected chi connectivity index (χ4v) is 3.14.